The van der Waals surface area contributed by atoms with Gasteiger partial charge in [-0.15, -0.1) is 0 Å². The molecular weight excluding hydrogens is 292 g/mol. The molecule has 0 amide bonds. The molecule has 1 aromatic rings. The van der Waals surface area contributed by atoms with Crippen molar-refractivity contribution in [3.8, 4) is 0 Å². The molecule has 3 unspecified atom stereocenters. The fourth-order valence-corrected chi connectivity index (χ4v) is 3.07. The van der Waals surface area contributed by atoms with Gasteiger partial charge in [0.05, 0.1) is 18.3 Å². The topological polar surface area (TPSA) is 18.5 Å². The molecule has 18 heavy (non-hydrogen) atoms. The Bertz CT molecular complexity index is 342. The molecule has 0 saturated heterocycles. The lowest BCUT2D eigenvalue weighted by Gasteiger charge is -2.31. The van der Waals surface area contributed by atoms with Gasteiger partial charge in [-0.25, -0.2) is 0 Å². The molecule has 2 rings (SSSR count). The molecular formula is C15H21BrO2. The van der Waals surface area contributed by atoms with Crippen LogP contribution in [0.2, 0.25) is 0 Å². The molecule has 1 fully saturated rings. The van der Waals surface area contributed by atoms with E-state index in [1.165, 1.54) is 18.4 Å². The second-order valence-corrected chi connectivity index (χ2v) is 5.48. The largest absolute Gasteiger partial charge is 0.381 e. The van der Waals surface area contributed by atoms with Gasteiger partial charge in [-0.1, -0.05) is 46.3 Å². The Morgan fingerprint density at radius 2 is 1.94 bits per heavy atom. The van der Waals surface area contributed by atoms with Gasteiger partial charge in [0.2, 0.25) is 0 Å². The van der Waals surface area contributed by atoms with Crippen molar-refractivity contribution in [1.29, 1.82) is 0 Å². The highest BCUT2D eigenvalue weighted by Gasteiger charge is 2.25. The summed E-state index contributed by atoms with van der Waals surface area (Å²) >= 11 is 3.56. The Kier molecular flexibility index (Phi) is 5.67. The van der Waals surface area contributed by atoms with Gasteiger partial charge in [0.15, 0.2) is 0 Å². The van der Waals surface area contributed by atoms with E-state index in [2.05, 4.69) is 40.2 Å². The maximum Gasteiger partial charge on any atom is 0.0925 e. The Morgan fingerprint density at radius 1 is 1.22 bits per heavy atom. The van der Waals surface area contributed by atoms with Crippen molar-refractivity contribution in [2.45, 2.75) is 44.0 Å². The Balaban J connectivity index is 1.94. The van der Waals surface area contributed by atoms with Crippen molar-refractivity contribution in [3.63, 3.8) is 0 Å². The van der Waals surface area contributed by atoms with Crippen LogP contribution >= 0.6 is 15.9 Å². The van der Waals surface area contributed by atoms with Crippen LogP contribution in [0.4, 0.5) is 0 Å². The summed E-state index contributed by atoms with van der Waals surface area (Å²) in [5, 5.41) is 0.838. The normalized spacial score (nSPS) is 25.9. The lowest BCUT2D eigenvalue weighted by molar-refractivity contribution is -0.0584. The summed E-state index contributed by atoms with van der Waals surface area (Å²) in [6.45, 7) is 0. The van der Waals surface area contributed by atoms with E-state index in [1.807, 2.05) is 6.07 Å². The van der Waals surface area contributed by atoms with E-state index >= 15 is 0 Å². The van der Waals surface area contributed by atoms with Crippen LogP contribution in [0, 0.1) is 0 Å². The van der Waals surface area contributed by atoms with E-state index in [4.69, 9.17) is 9.47 Å². The molecule has 0 aliphatic heterocycles. The highest BCUT2D eigenvalue weighted by Crippen LogP contribution is 2.29. The Morgan fingerprint density at radius 3 is 2.61 bits per heavy atom. The second kappa shape index (κ2) is 7.27. The summed E-state index contributed by atoms with van der Waals surface area (Å²) in [6, 6.07) is 10.4. The maximum atomic E-state index is 6.23. The van der Waals surface area contributed by atoms with E-state index in [0.29, 0.717) is 12.2 Å². The Hall–Kier alpha value is -0.380. The SMILES string of the molecule is COC1CCCC(OC(CBr)c2ccccc2)C1. The van der Waals surface area contributed by atoms with E-state index in [-0.39, 0.29) is 6.10 Å². The van der Waals surface area contributed by atoms with Crippen LogP contribution in [0.25, 0.3) is 0 Å². The summed E-state index contributed by atoms with van der Waals surface area (Å²) in [5.74, 6) is 0. The van der Waals surface area contributed by atoms with Crippen LogP contribution < -0.4 is 0 Å². The number of rotatable bonds is 5. The molecule has 0 bridgehead atoms. The van der Waals surface area contributed by atoms with Crippen LogP contribution in [0.15, 0.2) is 30.3 Å². The number of hydrogen-bond donors (Lipinski definition) is 0. The van der Waals surface area contributed by atoms with Crippen molar-refractivity contribution in [2.24, 2.45) is 0 Å². The first-order chi connectivity index (χ1) is 8.83. The van der Waals surface area contributed by atoms with Crippen LogP contribution in [0.1, 0.15) is 37.4 Å². The van der Waals surface area contributed by atoms with Gasteiger partial charge in [0, 0.05) is 12.4 Å². The molecule has 0 spiro atoms. The number of hydrogen-bond acceptors (Lipinski definition) is 2. The molecule has 0 radical (unpaired) electrons. The van der Waals surface area contributed by atoms with Crippen LogP contribution in [-0.4, -0.2) is 24.6 Å². The number of alkyl halides is 1. The van der Waals surface area contributed by atoms with Crippen molar-refractivity contribution < 1.29 is 9.47 Å². The molecule has 0 N–H and O–H groups in total. The molecule has 1 saturated carbocycles. The smallest absolute Gasteiger partial charge is 0.0925 e. The Labute approximate surface area is 118 Å². The first-order valence-corrected chi connectivity index (χ1v) is 7.74. The van der Waals surface area contributed by atoms with Crippen molar-refractivity contribution >= 4 is 15.9 Å². The zero-order valence-electron chi connectivity index (χ0n) is 10.8. The maximum absolute atomic E-state index is 6.23. The number of halogens is 1. The predicted octanol–water partition coefficient (Wildman–Crippen LogP) is 4.10. The standard InChI is InChI=1S/C15H21BrO2/c1-17-13-8-5-9-14(10-13)18-15(11-16)12-6-3-2-4-7-12/h2-4,6-7,13-15H,5,8-11H2,1H3. The minimum Gasteiger partial charge on any atom is -0.381 e. The van der Waals surface area contributed by atoms with Crippen LogP contribution in [0.3, 0.4) is 0 Å². The third-order valence-electron chi connectivity index (χ3n) is 3.58. The van der Waals surface area contributed by atoms with Gasteiger partial charge in [0.25, 0.3) is 0 Å². The molecule has 1 aliphatic carbocycles. The van der Waals surface area contributed by atoms with E-state index in [1.54, 1.807) is 7.11 Å². The van der Waals surface area contributed by atoms with Crippen molar-refractivity contribution in [1.82, 2.24) is 0 Å². The van der Waals surface area contributed by atoms with Crippen LogP contribution in [-0.2, 0) is 9.47 Å². The van der Waals surface area contributed by atoms with Gasteiger partial charge in [-0.2, -0.15) is 0 Å². The third kappa shape index (κ3) is 3.81. The van der Waals surface area contributed by atoms with E-state index in [0.717, 1.165) is 18.2 Å². The van der Waals surface area contributed by atoms with Gasteiger partial charge in [-0.05, 0) is 31.2 Å². The molecule has 2 nitrogen and oxygen atoms in total. The number of benzene rings is 1. The number of ether oxygens (including phenoxy) is 2. The zero-order valence-corrected chi connectivity index (χ0v) is 12.4. The van der Waals surface area contributed by atoms with Crippen molar-refractivity contribution in [3.05, 3.63) is 35.9 Å². The molecule has 0 heterocycles. The fourth-order valence-electron chi connectivity index (χ4n) is 2.54. The minimum atomic E-state index is 0.145. The van der Waals surface area contributed by atoms with Crippen molar-refractivity contribution in [2.75, 3.05) is 12.4 Å². The van der Waals surface area contributed by atoms with Gasteiger partial charge in [-0.3, -0.25) is 0 Å². The van der Waals surface area contributed by atoms with E-state index < -0.39 is 0 Å². The van der Waals surface area contributed by atoms with Crippen LogP contribution in [0.5, 0.6) is 0 Å². The first kappa shape index (κ1) is 14.0. The third-order valence-corrected chi connectivity index (χ3v) is 4.17. The van der Waals surface area contributed by atoms with Gasteiger partial charge >= 0.3 is 0 Å². The highest BCUT2D eigenvalue weighted by atomic mass is 79.9. The quantitative estimate of drug-likeness (QED) is 0.762. The molecule has 1 aromatic carbocycles. The summed E-state index contributed by atoms with van der Waals surface area (Å²) in [5.41, 5.74) is 1.24. The monoisotopic (exact) mass is 312 g/mol. The number of methoxy groups -OCH3 is 1. The molecule has 0 aromatic heterocycles. The average molecular weight is 313 g/mol. The molecule has 3 heteroatoms. The molecule has 100 valence electrons. The average Bonchev–Trinajstić information content (AvgIpc) is 2.46. The summed E-state index contributed by atoms with van der Waals surface area (Å²) in [4.78, 5) is 0. The van der Waals surface area contributed by atoms with Gasteiger partial charge in [0.1, 0.15) is 0 Å². The second-order valence-electron chi connectivity index (χ2n) is 4.84. The van der Waals surface area contributed by atoms with E-state index in [9.17, 15) is 0 Å². The lowest BCUT2D eigenvalue weighted by atomic mass is 9.94. The predicted molar refractivity (Wildman–Crippen MR) is 77.1 cm³/mol. The minimum absolute atomic E-state index is 0.145. The summed E-state index contributed by atoms with van der Waals surface area (Å²) < 4.78 is 11.7. The first-order valence-electron chi connectivity index (χ1n) is 6.62. The zero-order chi connectivity index (χ0) is 12.8. The summed E-state index contributed by atoms with van der Waals surface area (Å²) in [7, 11) is 1.80. The summed E-state index contributed by atoms with van der Waals surface area (Å²) in [6.07, 6.45) is 5.38. The molecule has 1 aliphatic rings. The molecule has 3 atom stereocenters. The lowest BCUT2D eigenvalue weighted by Crippen LogP contribution is -2.29. The highest BCUT2D eigenvalue weighted by molar-refractivity contribution is 9.09. The fraction of sp³-hybridized carbons (Fsp3) is 0.600. The van der Waals surface area contributed by atoms with Gasteiger partial charge < -0.3 is 9.47 Å².